The fourth-order valence-electron chi connectivity index (χ4n) is 2.81. The second-order valence-electron chi connectivity index (χ2n) is 5.79. The molecule has 2 aromatic rings. The first kappa shape index (κ1) is 17.7. The molecule has 0 bridgehead atoms. The zero-order valence-electron chi connectivity index (χ0n) is 13.3. The van der Waals surface area contributed by atoms with Gasteiger partial charge in [-0.05, 0) is 30.9 Å². The van der Waals surface area contributed by atoms with E-state index < -0.39 is 0 Å². The van der Waals surface area contributed by atoms with Crippen LogP contribution in [0, 0.1) is 5.92 Å². The number of hydrogen-bond acceptors (Lipinski definition) is 3. The zero-order valence-corrected chi connectivity index (χ0v) is 15.6. The van der Waals surface area contributed by atoms with Gasteiger partial charge in [0.1, 0.15) is 12.9 Å². The summed E-state index contributed by atoms with van der Waals surface area (Å²) in [4.78, 5) is 11.0. The second kappa shape index (κ2) is 8.28. The van der Waals surface area contributed by atoms with Crippen LogP contribution in [0.3, 0.4) is 0 Å². The molecule has 0 spiro atoms. The Morgan fingerprint density at radius 2 is 2.13 bits per heavy atom. The van der Waals surface area contributed by atoms with Crippen molar-refractivity contribution in [2.75, 3.05) is 13.1 Å². The number of piperidine rings is 1. The number of aliphatic imine (C=N–C) groups is 1. The fraction of sp³-hybridized carbons (Fsp3) is 0.438. The van der Waals surface area contributed by atoms with Crippen LogP contribution < -0.4 is 5.73 Å². The summed E-state index contributed by atoms with van der Waals surface area (Å²) in [6.45, 7) is 4.67. The molecular weight excluding hydrogens is 403 g/mol. The molecule has 3 rings (SSSR count). The standard InChI is InChI=1S/C16H22N6.HI/c1-13-6-5-9-21(11-13)16(17)18-10-15-19-12-20-22(15)14-7-3-2-4-8-14;/h2-4,7-8,12-13H,5-6,9-11H2,1H3,(H2,17,18);1H. The molecule has 1 aromatic heterocycles. The summed E-state index contributed by atoms with van der Waals surface area (Å²) in [5.41, 5.74) is 7.12. The topological polar surface area (TPSA) is 72.3 Å². The second-order valence-corrected chi connectivity index (χ2v) is 5.79. The van der Waals surface area contributed by atoms with Gasteiger partial charge in [0.15, 0.2) is 11.8 Å². The van der Waals surface area contributed by atoms with Crippen molar-refractivity contribution in [2.45, 2.75) is 26.3 Å². The van der Waals surface area contributed by atoms with Gasteiger partial charge in [-0.15, -0.1) is 24.0 Å². The molecule has 124 valence electrons. The lowest BCUT2D eigenvalue weighted by Crippen LogP contribution is -2.43. The molecule has 6 nitrogen and oxygen atoms in total. The van der Waals surface area contributed by atoms with Gasteiger partial charge in [-0.25, -0.2) is 14.7 Å². The average Bonchev–Trinajstić information content (AvgIpc) is 3.02. The van der Waals surface area contributed by atoms with E-state index in [1.165, 1.54) is 12.8 Å². The van der Waals surface area contributed by atoms with E-state index in [2.05, 4.69) is 26.9 Å². The lowest BCUT2D eigenvalue weighted by Gasteiger charge is -2.31. The molecule has 1 atom stereocenters. The molecule has 1 fully saturated rings. The van der Waals surface area contributed by atoms with E-state index in [-0.39, 0.29) is 24.0 Å². The Kier molecular flexibility index (Phi) is 6.37. The summed E-state index contributed by atoms with van der Waals surface area (Å²) in [6, 6.07) is 9.93. The van der Waals surface area contributed by atoms with E-state index in [4.69, 9.17) is 5.73 Å². The van der Waals surface area contributed by atoms with Crippen molar-refractivity contribution in [3.05, 3.63) is 42.5 Å². The third-order valence-electron chi connectivity index (χ3n) is 3.98. The molecule has 1 saturated heterocycles. The van der Waals surface area contributed by atoms with Crippen molar-refractivity contribution in [2.24, 2.45) is 16.6 Å². The largest absolute Gasteiger partial charge is 0.370 e. The van der Waals surface area contributed by atoms with E-state index in [9.17, 15) is 0 Å². The smallest absolute Gasteiger partial charge is 0.191 e. The summed E-state index contributed by atoms with van der Waals surface area (Å²) in [7, 11) is 0. The molecular formula is C16H23IN6. The van der Waals surface area contributed by atoms with Gasteiger partial charge >= 0.3 is 0 Å². The molecule has 1 aliphatic rings. The number of likely N-dealkylation sites (tertiary alicyclic amines) is 1. The van der Waals surface area contributed by atoms with E-state index >= 15 is 0 Å². The maximum atomic E-state index is 6.13. The van der Waals surface area contributed by atoms with Crippen LogP contribution in [-0.4, -0.2) is 38.7 Å². The van der Waals surface area contributed by atoms with Crippen LogP contribution in [0.25, 0.3) is 5.69 Å². The Hall–Kier alpha value is -1.64. The molecule has 1 aromatic carbocycles. The molecule has 0 saturated carbocycles. The lowest BCUT2D eigenvalue weighted by molar-refractivity contribution is 0.270. The van der Waals surface area contributed by atoms with Gasteiger partial charge in [-0.1, -0.05) is 25.1 Å². The van der Waals surface area contributed by atoms with Gasteiger partial charge in [-0.2, -0.15) is 5.10 Å². The molecule has 1 unspecified atom stereocenters. The van der Waals surface area contributed by atoms with Crippen LogP contribution in [0.2, 0.25) is 0 Å². The number of nitrogens with two attached hydrogens (primary N) is 1. The number of hydrogen-bond donors (Lipinski definition) is 1. The quantitative estimate of drug-likeness (QED) is 0.465. The molecule has 7 heteroatoms. The highest BCUT2D eigenvalue weighted by atomic mass is 127. The van der Waals surface area contributed by atoms with Crippen LogP contribution in [-0.2, 0) is 6.54 Å². The minimum atomic E-state index is 0. The Bertz CT molecular complexity index is 639. The average molecular weight is 426 g/mol. The normalized spacial score (nSPS) is 18.6. The maximum absolute atomic E-state index is 6.13. The Balaban J connectivity index is 0.00000192. The number of nitrogens with zero attached hydrogens (tertiary/aromatic N) is 5. The van der Waals surface area contributed by atoms with E-state index in [0.29, 0.717) is 18.4 Å². The first-order valence-corrected chi connectivity index (χ1v) is 7.73. The van der Waals surface area contributed by atoms with Crippen molar-refractivity contribution in [1.82, 2.24) is 19.7 Å². The van der Waals surface area contributed by atoms with Crippen LogP contribution >= 0.6 is 24.0 Å². The minimum absolute atomic E-state index is 0. The number of halogens is 1. The first-order chi connectivity index (χ1) is 10.7. The first-order valence-electron chi connectivity index (χ1n) is 7.73. The molecule has 1 aliphatic heterocycles. The highest BCUT2D eigenvalue weighted by molar-refractivity contribution is 14.0. The van der Waals surface area contributed by atoms with Crippen molar-refractivity contribution >= 4 is 29.9 Å². The van der Waals surface area contributed by atoms with Gasteiger partial charge in [0.05, 0.1) is 5.69 Å². The fourth-order valence-corrected chi connectivity index (χ4v) is 2.81. The highest BCUT2D eigenvalue weighted by Crippen LogP contribution is 2.15. The highest BCUT2D eigenvalue weighted by Gasteiger charge is 2.17. The number of para-hydroxylation sites is 1. The van der Waals surface area contributed by atoms with Gasteiger partial charge in [0.25, 0.3) is 0 Å². The lowest BCUT2D eigenvalue weighted by atomic mass is 10.0. The van der Waals surface area contributed by atoms with Crippen molar-refractivity contribution in [3.63, 3.8) is 0 Å². The number of guanidine groups is 1. The van der Waals surface area contributed by atoms with Crippen molar-refractivity contribution in [1.29, 1.82) is 0 Å². The summed E-state index contributed by atoms with van der Waals surface area (Å²) in [5, 5.41) is 4.27. The zero-order chi connectivity index (χ0) is 15.4. The van der Waals surface area contributed by atoms with Gasteiger partial charge in [-0.3, -0.25) is 0 Å². The molecule has 0 aliphatic carbocycles. The molecule has 2 N–H and O–H groups in total. The van der Waals surface area contributed by atoms with Crippen LogP contribution in [0.15, 0.2) is 41.7 Å². The summed E-state index contributed by atoms with van der Waals surface area (Å²) in [6.07, 6.45) is 4.00. The number of aromatic nitrogens is 3. The monoisotopic (exact) mass is 426 g/mol. The molecule has 0 radical (unpaired) electrons. The maximum Gasteiger partial charge on any atom is 0.191 e. The molecule has 23 heavy (non-hydrogen) atoms. The number of rotatable bonds is 3. The van der Waals surface area contributed by atoms with Crippen LogP contribution in [0.1, 0.15) is 25.6 Å². The van der Waals surface area contributed by atoms with Gasteiger partial charge < -0.3 is 10.6 Å². The van der Waals surface area contributed by atoms with Gasteiger partial charge in [0, 0.05) is 13.1 Å². The van der Waals surface area contributed by atoms with Crippen molar-refractivity contribution in [3.8, 4) is 5.69 Å². The van der Waals surface area contributed by atoms with E-state index in [0.717, 1.165) is 24.6 Å². The third kappa shape index (κ3) is 4.43. The summed E-state index contributed by atoms with van der Waals surface area (Å²) >= 11 is 0. The Morgan fingerprint density at radius 3 is 2.87 bits per heavy atom. The summed E-state index contributed by atoms with van der Waals surface area (Å²) < 4.78 is 1.80. The molecule has 2 heterocycles. The minimum Gasteiger partial charge on any atom is -0.370 e. The Morgan fingerprint density at radius 1 is 1.35 bits per heavy atom. The molecule has 0 amide bonds. The van der Waals surface area contributed by atoms with E-state index in [1.807, 2.05) is 30.3 Å². The summed E-state index contributed by atoms with van der Waals surface area (Å²) in [5.74, 6) is 2.07. The number of benzene rings is 1. The van der Waals surface area contributed by atoms with Crippen LogP contribution in [0.5, 0.6) is 0 Å². The van der Waals surface area contributed by atoms with Gasteiger partial charge in [0.2, 0.25) is 0 Å². The predicted octanol–water partition coefficient (Wildman–Crippen LogP) is 2.43. The third-order valence-corrected chi connectivity index (χ3v) is 3.98. The SMILES string of the molecule is CC1CCCN(C(N)=NCc2ncnn2-c2ccccc2)C1.I. The van der Waals surface area contributed by atoms with Crippen LogP contribution in [0.4, 0.5) is 0 Å². The predicted molar refractivity (Wildman–Crippen MR) is 102 cm³/mol. The Labute approximate surface area is 153 Å². The van der Waals surface area contributed by atoms with Crippen molar-refractivity contribution < 1.29 is 0 Å². The van der Waals surface area contributed by atoms with E-state index in [1.54, 1.807) is 11.0 Å².